The van der Waals surface area contributed by atoms with Crippen LogP contribution in [0.5, 0.6) is 5.75 Å². The Morgan fingerprint density at radius 3 is 2.34 bits per heavy atom. The number of carbonyl (C=O) groups is 1. The van der Waals surface area contributed by atoms with Gasteiger partial charge in [0.25, 0.3) is 5.91 Å². The van der Waals surface area contributed by atoms with Gasteiger partial charge in [-0.15, -0.1) is 0 Å². The maximum absolute atomic E-state index is 13.0. The van der Waals surface area contributed by atoms with Crippen LogP contribution in [0.1, 0.15) is 35.2 Å². The first-order chi connectivity index (χ1) is 13.9. The Bertz CT molecular complexity index is 943. The van der Waals surface area contributed by atoms with Crippen molar-refractivity contribution in [3.63, 3.8) is 0 Å². The molecule has 6 nitrogen and oxygen atoms in total. The van der Waals surface area contributed by atoms with Gasteiger partial charge < -0.3 is 10.1 Å². The van der Waals surface area contributed by atoms with Gasteiger partial charge in [0.05, 0.1) is 4.90 Å². The molecule has 1 heterocycles. The summed E-state index contributed by atoms with van der Waals surface area (Å²) in [5, 5.41) is 2.68. The number of alkyl halides is 2. The highest BCUT2D eigenvalue weighted by Crippen LogP contribution is 2.23. The summed E-state index contributed by atoms with van der Waals surface area (Å²) in [6.07, 6.45) is 2.69. The Morgan fingerprint density at radius 2 is 1.69 bits per heavy atom. The van der Waals surface area contributed by atoms with E-state index in [1.165, 1.54) is 28.6 Å². The normalized spacial score (nSPS) is 15.3. The average Bonchev–Trinajstić information content (AvgIpc) is 2.73. The molecule has 0 aliphatic carbocycles. The molecule has 1 saturated heterocycles. The summed E-state index contributed by atoms with van der Waals surface area (Å²) in [5.41, 5.74) is 0.743. The Kier molecular flexibility index (Phi) is 6.81. The van der Waals surface area contributed by atoms with E-state index in [0.29, 0.717) is 18.7 Å². The standard InChI is InChI=1S/C20H22F2N2O4S/c21-20(22)28-17-10-8-15(9-11-17)19(25)23-14-16-6-2-3-7-18(16)29(26,27)24-12-4-1-5-13-24/h2-3,6-11,20H,1,4-5,12-14H2,(H,23,25). The zero-order chi connectivity index (χ0) is 20.9. The number of benzene rings is 2. The van der Waals surface area contributed by atoms with E-state index in [0.717, 1.165) is 19.3 Å². The molecule has 0 spiro atoms. The van der Waals surface area contributed by atoms with E-state index >= 15 is 0 Å². The molecule has 0 saturated carbocycles. The predicted octanol–water partition coefficient (Wildman–Crippen LogP) is 3.39. The van der Waals surface area contributed by atoms with Crippen LogP contribution in [-0.4, -0.2) is 38.3 Å². The number of amides is 1. The van der Waals surface area contributed by atoms with E-state index < -0.39 is 22.5 Å². The van der Waals surface area contributed by atoms with Gasteiger partial charge in [-0.05, 0) is 48.7 Å². The smallest absolute Gasteiger partial charge is 0.387 e. The molecule has 0 bridgehead atoms. The number of piperidine rings is 1. The minimum Gasteiger partial charge on any atom is -0.435 e. The summed E-state index contributed by atoms with van der Waals surface area (Å²) in [6.45, 7) is -1.92. The van der Waals surface area contributed by atoms with Crippen LogP contribution in [0.15, 0.2) is 53.4 Å². The number of sulfonamides is 1. The molecule has 0 radical (unpaired) electrons. The van der Waals surface area contributed by atoms with E-state index in [4.69, 9.17) is 0 Å². The van der Waals surface area contributed by atoms with Crippen LogP contribution in [0.3, 0.4) is 0 Å². The number of hydrogen-bond donors (Lipinski definition) is 1. The number of rotatable bonds is 7. The second kappa shape index (κ2) is 9.32. The minimum atomic E-state index is -3.63. The third-order valence-electron chi connectivity index (χ3n) is 4.69. The van der Waals surface area contributed by atoms with E-state index in [-0.39, 0.29) is 22.8 Å². The molecule has 1 fully saturated rings. The minimum absolute atomic E-state index is 0.0252. The summed E-state index contributed by atoms with van der Waals surface area (Å²) in [5.74, 6) is -0.492. The van der Waals surface area contributed by atoms with Crippen molar-refractivity contribution in [1.29, 1.82) is 0 Å². The predicted molar refractivity (Wildman–Crippen MR) is 103 cm³/mol. The van der Waals surface area contributed by atoms with Crippen LogP contribution in [0, 0.1) is 0 Å². The Hall–Kier alpha value is -2.52. The molecule has 156 valence electrons. The third-order valence-corrected chi connectivity index (χ3v) is 6.69. The second-order valence-electron chi connectivity index (χ2n) is 6.66. The fraction of sp³-hybridized carbons (Fsp3) is 0.350. The maximum atomic E-state index is 13.0. The fourth-order valence-electron chi connectivity index (χ4n) is 3.21. The number of nitrogens with one attached hydrogen (secondary N) is 1. The summed E-state index contributed by atoms with van der Waals surface area (Å²) >= 11 is 0. The zero-order valence-corrected chi connectivity index (χ0v) is 16.5. The van der Waals surface area contributed by atoms with Gasteiger partial charge in [0.2, 0.25) is 10.0 Å². The molecular formula is C20H22F2N2O4S. The summed E-state index contributed by atoms with van der Waals surface area (Å²) in [7, 11) is -3.63. The van der Waals surface area contributed by atoms with E-state index in [1.807, 2.05) is 0 Å². The highest BCUT2D eigenvalue weighted by Gasteiger charge is 2.27. The monoisotopic (exact) mass is 424 g/mol. The molecule has 1 N–H and O–H groups in total. The van der Waals surface area contributed by atoms with Gasteiger partial charge in [-0.3, -0.25) is 4.79 Å². The molecule has 9 heteroatoms. The van der Waals surface area contributed by atoms with Crippen molar-refractivity contribution >= 4 is 15.9 Å². The lowest BCUT2D eigenvalue weighted by Crippen LogP contribution is -2.36. The molecule has 1 aliphatic rings. The summed E-state index contributed by atoms with van der Waals surface area (Å²) in [6, 6.07) is 11.9. The molecule has 2 aromatic rings. The first-order valence-corrected chi connectivity index (χ1v) is 10.7. The van der Waals surface area contributed by atoms with Crippen LogP contribution in [0.25, 0.3) is 0 Å². The molecule has 3 rings (SSSR count). The second-order valence-corrected chi connectivity index (χ2v) is 8.56. The first-order valence-electron chi connectivity index (χ1n) is 9.29. The molecule has 0 unspecified atom stereocenters. The molecule has 2 aromatic carbocycles. The number of nitrogens with zero attached hydrogens (tertiary/aromatic N) is 1. The number of carbonyl (C=O) groups excluding carboxylic acids is 1. The quantitative estimate of drug-likeness (QED) is 0.739. The Morgan fingerprint density at radius 1 is 1.03 bits per heavy atom. The Labute approximate surface area is 168 Å². The lowest BCUT2D eigenvalue weighted by Gasteiger charge is -2.26. The SMILES string of the molecule is O=C(NCc1ccccc1S(=O)(=O)N1CCCCC1)c1ccc(OC(F)F)cc1. The van der Waals surface area contributed by atoms with Crippen molar-refractivity contribution < 1.29 is 26.7 Å². The van der Waals surface area contributed by atoms with Crippen LogP contribution in [-0.2, 0) is 16.6 Å². The zero-order valence-electron chi connectivity index (χ0n) is 15.7. The lowest BCUT2D eigenvalue weighted by molar-refractivity contribution is -0.0498. The first kappa shape index (κ1) is 21.2. The number of hydrogen-bond acceptors (Lipinski definition) is 4. The van der Waals surface area contributed by atoms with Gasteiger partial charge in [-0.2, -0.15) is 13.1 Å². The average molecular weight is 424 g/mol. The van der Waals surface area contributed by atoms with Crippen molar-refractivity contribution in [3.8, 4) is 5.75 Å². The van der Waals surface area contributed by atoms with Gasteiger partial charge in [-0.25, -0.2) is 8.42 Å². The Balaban J connectivity index is 1.70. The van der Waals surface area contributed by atoms with Gasteiger partial charge in [-0.1, -0.05) is 24.6 Å². The van der Waals surface area contributed by atoms with Crippen LogP contribution >= 0.6 is 0 Å². The van der Waals surface area contributed by atoms with E-state index in [9.17, 15) is 22.0 Å². The van der Waals surface area contributed by atoms with Gasteiger partial charge in [0, 0.05) is 25.2 Å². The largest absolute Gasteiger partial charge is 0.435 e. The number of halogens is 2. The number of ether oxygens (including phenoxy) is 1. The fourth-order valence-corrected chi connectivity index (χ4v) is 4.95. The van der Waals surface area contributed by atoms with Gasteiger partial charge in [0.1, 0.15) is 5.75 Å². The van der Waals surface area contributed by atoms with Crippen molar-refractivity contribution in [3.05, 3.63) is 59.7 Å². The van der Waals surface area contributed by atoms with Crippen LogP contribution < -0.4 is 10.1 Å². The third kappa shape index (κ3) is 5.30. The van der Waals surface area contributed by atoms with Crippen molar-refractivity contribution in [2.75, 3.05) is 13.1 Å². The van der Waals surface area contributed by atoms with Crippen LogP contribution in [0.2, 0.25) is 0 Å². The molecule has 0 aromatic heterocycles. The maximum Gasteiger partial charge on any atom is 0.387 e. The van der Waals surface area contributed by atoms with E-state index in [2.05, 4.69) is 10.1 Å². The summed E-state index contributed by atoms with van der Waals surface area (Å²) in [4.78, 5) is 12.5. The van der Waals surface area contributed by atoms with Crippen molar-refractivity contribution in [2.24, 2.45) is 0 Å². The molecule has 1 amide bonds. The lowest BCUT2D eigenvalue weighted by atomic mass is 10.2. The van der Waals surface area contributed by atoms with Gasteiger partial charge in [0.15, 0.2) is 0 Å². The van der Waals surface area contributed by atoms with Crippen molar-refractivity contribution in [1.82, 2.24) is 9.62 Å². The highest BCUT2D eigenvalue weighted by atomic mass is 32.2. The molecular weight excluding hydrogens is 402 g/mol. The highest BCUT2D eigenvalue weighted by molar-refractivity contribution is 7.89. The molecule has 1 aliphatic heterocycles. The topological polar surface area (TPSA) is 75.7 Å². The summed E-state index contributed by atoms with van der Waals surface area (Å²) < 4.78 is 56.1. The van der Waals surface area contributed by atoms with Gasteiger partial charge >= 0.3 is 6.61 Å². The van der Waals surface area contributed by atoms with E-state index in [1.54, 1.807) is 24.3 Å². The van der Waals surface area contributed by atoms with Crippen molar-refractivity contribution in [2.45, 2.75) is 37.3 Å². The molecule has 0 atom stereocenters. The molecule has 29 heavy (non-hydrogen) atoms. The van der Waals surface area contributed by atoms with Crippen LogP contribution in [0.4, 0.5) is 8.78 Å².